The number of anilines is 1. The van der Waals surface area contributed by atoms with Gasteiger partial charge in [-0.3, -0.25) is 20.4 Å². The minimum atomic E-state index is -0.355. The summed E-state index contributed by atoms with van der Waals surface area (Å²) in [7, 11) is 0. The molecule has 0 heterocycles. The molecule has 0 spiro atoms. The molecule has 0 aliphatic rings. The molecule has 0 aromatic heterocycles. The van der Waals surface area contributed by atoms with E-state index >= 15 is 0 Å². The summed E-state index contributed by atoms with van der Waals surface area (Å²) in [6.07, 6.45) is 0. The third kappa shape index (κ3) is 6.29. The number of thiocarbonyl (C=S) groups is 1. The van der Waals surface area contributed by atoms with Gasteiger partial charge >= 0.3 is 0 Å². The predicted molar refractivity (Wildman–Crippen MR) is 130 cm³/mol. The number of rotatable bonds is 8. The van der Waals surface area contributed by atoms with Gasteiger partial charge in [-0.05, 0) is 49.4 Å². The van der Waals surface area contributed by atoms with Crippen LogP contribution < -0.4 is 20.9 Å². The van der Waals surface area contributed by atoms with E-state index in [9.17, 15) is 9.59 Å². The Balaban J connectivity index is 1.58. The van der Waals surface area contributed by atoms with Crippen LogP contribution in [0.5, 0.6) is 5.75 Å². The van der Waals surface area contributed by atoms with Gasteiger partial charge in [0.15, 0.2) is 5.78 Å². The molecule has 0 atom stereocenters. The fourth-order valence-corrected chi connectivity index (χ4v) is 3.25. The normalized spacial score (nSPS) is 10.2. The molecule has 0 radical (unpaired) electrons. The lowest BCUT2D eigenvalue weighted by Crippen LogP contribution is -2.43. The summed E-state index contributed by atoms with van der Waals surface area (Å²) in [6.45, 7) is 2.42. The van der Waals surface area contributed by atoms with E-state index in [1.54, 1.807) is 54.6 Å². The Kier molecular flexibility index (Phi) is 8.19. The van der Waals surface area contributed by atoms with E-state index in [-0.39, 0.29) is 18.2 Å². The van der Waals surface area contributed by atoms with Crippen LogP contribution in [0.15, 0.2) is 72.8 Å². The van der Waals surface area contributed by atoms with Crippen molar-refractivity contribution in [1.29, 1.82) is 0 Å². The van der Waals surface area contributed by atoms with Crippen LogP contribution in [0, 0.1) is 0 Å². The molecule has 3 aromatic carbocycles. The summed E-state index contributed by atoms with van der Waals surface area (Å²) in [5.74, 6) is 0.202. The minimum Gasteiger partial charge on any atom is -0.494 e. The van der Waals surface area contributed by atoms with Crippen LogP contribution in [-0.4, -0.2) is 29.8 Å². The van der Waals surface area contributed by atoms with Crippen molar-refractivity contribution in [3.05, 3.63) is 94.5 Å². The maximum Gasteiger partial charge on any atom is 0.257 e. The summed E-state index contributed by atoms with van der Waals surface area (Å²) in [6, 6.07) is 21.0. The van der Waals surface area contributed by atoms with E-state index in [2.05, 4.69) is 16.2 Å². The average Bonchev–Trinajstić information content (AvgIpc) is 2.82. The maximum atomic E-state index is 12.9. The Bertz CT molecular complexity index is 1110. The highest BCUT2D eigenvalue weighted by Crippen LogP contribution is 2.23. The van der Waals surface area contributed by atoms with Crippen LogP contribution >= 0.6 is 23.8 Å². The van der Waals surface area contributed by atoms with Crippen molar-refractivity contribution in [3.8, 4) is 5.75 Å². The molecule has 6 nitrogen and oxygen atoms in total. The van der Waals surface area contributed by atoms with Crippen LogP contribution in [0.1, 0.15) is 28.4 Å². The van der Waals surface area contributed by atoms with Gasteiger partial charge in [0, 0.05) is 27.4 Å². The number of ether oxygens (including phenoxy) is 1. The van der Waals surface area contributed by atoms with Crippen LogP contribution in [-0.2, 0) is 4.79 Å². The third-order valence-corrected chi connectivity index (χ3v) is 5.02. The van der Waals surface area contributed by atoms with E-state index in [0.717, 1.165) is 11.3 Å². The summed E-state index contributed by atoms with van der Waals surface area (Å²) in [5.41, 5.74) is 7.43. The molecule has 0 saturated heterocycles. The van der Waals surface area contributed by atoms with Crippen molar-refractivity contribution in [1.82, 2.24) is 10.9 Å². The molecule has 0 bridgehead atoms. The second-order valence-corrected chi connectivity index (χ2v) is 7.54. The number of hydrogen-bond donors (Lipinski definition) is 3. The largest absolute Gasteiger partial charge is 0.494 e. The monoisotopic (exact) mass is 467 g/mol. The molecule has 3 rings (SSSR count). The van der Waals surface area contributed by atoms with Gasteiger partial charge in [-0.2, -0.15) is 0 Å². The van der Waals surface area contributed by atoms with Crippen molar-refractivity contribution in [3.63, 3.8) is 0 Å². The molecule has 32 heavy (non-hydrogen) atoms. The molecular weight excluding hydrogens is 446 g/mol. The molecule has 0 aliphatic heterocycles. The second-order valence-electron chi connectivity index (χ2n) is 6.70. The molecule has 0 unspecified atom stereocenters. The Morgan fingerprint density at radius 1 is 0.938 bits per heavy atom. The topological polar surface area (TPSA) is 79.5 Å². The Labute approximate surface area is 196 Å². The fraction of sp³-hybridized carbons (Fsp3) is 0.125. The van der Waals surface area contributed by atoms with Crippen LogP contribution in [0.2, 0.25) is 5.02 Å². The molecule has 3 N–H and O–H groups in total. The molecule has 3 aromatic rings. The third-order valence-electron chi connectivity index (χ3n) is 4.44. The molecule has 8 heteroatoms. The predicted octanol–water partition coefficient (Wildman–Crippen LogP) is 4.38. The maximum absolute atomic E-state index is 12.9. The standard InChI is InChI=1S/C24H22ClN3O3S/c1-2-31-19-11-8-17(9-12-19)24(32)28-27-22(29)15-26-21-13-10-18(25)14-20(21)23(30)16-6-4-3-5-7-16/h3-14,26H,2,15H2,1H3,(H,27,29)(H,28,32). The number of benzene rings is 3. The van der Waals surface area contributed by atoms with E-state index < -0.39 is 0 Å². The van der Waals surface area contributed by atoms with Gasteiger partial charge in [0.05, 0.1) is 13.2 Å². The molecular formula is C24H22ClN3O3S. The SMILES string of the molecule is CCOc1ccc(C(=S)NNC(=O)CNc2ccc(Cl)cc2C(=O)c2ccccc2)cc1. The summed E-state index contributed by atoms with van der Waals surface area (Å²) >= 11 is 11.4. The minimum absolute atomic E-state index is 0.0738. The number of hydrazine groups is 1. The number of nitrogens with one attached hydrogen (secondary N) is 3. The summed E-state index contributed by atoms with van der Waals surface area (Å²) in [5, 5.41) is 3.42. The lowest BCUT2D eigenvalue weighted by molar-refractivity contribution is -0.119. The number of halogens is 1. The second kappa shape index (κ2) is 11.3. The molecule has 1 amide bonds. The van der Waals surface area contributed by atoms with Crippen molar-refractivity contribution in [2.24, 2.45) is 0 Å². The van der Waals surface area contributed by atoms with E-state index in [1.165, 1.54) is 0 Å². The summed E-state index contributed by atoms with van der Waals surface area (Å²) < 4.78 is 5.40. The first-order valence-corrected chi connectivity index (χ1v) is 10.7. The summed E-state index contributed by atoms with van der Waals surface area (Å²) in [4.78, 5) is 25.5. The number of hydrogen-bond acceptors (Lipinski definition) is 5. The first-order chi connectivity index (χ1) is 15.5. The number of carbonyl (C=O) groups excluding carboxylic acids is 2. The zero-order chi connectivity index (χ0) is 22.9. The molecule has 164 valence electrons. The van der Waals surface area contributed by atoms with E-state index in [1.807, 2.05) is 25.1 Å². The van der Waals surface area contributed by atoms with Gasteiger partial charge in [-0.1, -0.05) is 54.2 Å². The zero-order valence-electron chi connectivity index (χ0n) is 17.4. The number of ketones is 1. The highest BCUT2D eigenvalue weighted by Gasteiger charge is 2.15. The van der Waals surface area contributed by atoms with Crippen molar-refractivity contribution >= 4 is 46.2 Å². The van der Waals surface area contributed by atoms with Crippen LogP contribution in [0.25, 0.3) is 0 Å². The fourth-order valence-electron chi connectivity index (χ4n) is 2.89. The Hall–Kier alpha value is -3.42. The molecule has 0 saturated carbocycles. The molecule has 0 aliphatic carbocycles. The van der Waals surface area contributed by atoms with Gasteiger partial charge in [0.25, 0.3) is 5.91 Å². The first-order valence-electron chi connectivity index (χ1n) is 9.93. The van der Waals surface area contributed by atoms with Gasteiger partial charge < -0.3 is 10.1 Å². The number of carbonyl (C=O) groups is 2. The number of amides is 1. The smallest absolute Gasteiger partial charge is 0.257 e. The van der Waals surface area contributed by atoms with Gasteiger partial charge in [-0.25, -0.2) is 0 Å². The van der Waals surface area contributed by atoms with Gasteiger partial charge in [-0.15, -0.1) is 0 Å². The van der Waals surface area contributed by atoms with Gasteiger partial charge in [0.1, 0.15) is 10.7 Å². The van der Waals surface area contributed by atoms with Crippen molar-refractivity contribution in [2.75, 3.05) is 18.5 Å². The highest BCUT2D eigenvalue weighted by atomic mass is 35.5. The lowest BCUT2D eigenvalue weighted by Gasteiger charge is -2.14. The van der Waals surface area contributed by atoms with Crippen molar-refractivity contribution < 1.29 is 14.3 Å². The zero-order valence-corrected chi connectivity index (χ0v) is 18.9. The van der Waals surface area contributed by atoms with Crippen molar-refractivity contribution in [2.45, 2.75) is 6.92 Å². The first kappa shape index (κ1) is 23.2. The average molecular weight is 468 g/mol. The quantitative estimate of drug-likeness (QED) is 0.259. The van der Waals surface area contributed by atoms with E-state index in [4.69, 9.17) is 28.6 Å². The Morgan fingerprint density at radius 3 is 2.34 bits per heavy atom. The van der Waals surface area contributed by atoms with Gasteiger partial charge in [0.2, 0.25) is 0 Å². The van der Waals surface area contributed by atoms with Crippen LogP contribution in [0.3, 0.4) is 0 Å². The Morgan fingerprint density at radius 2 is 1.66 bits per heavy atom. The highest BCUT2D eigenvalue weighted by molar-refractivity contribution is 7.80. The molecule has 0 fully saturated rings. The lowest BCUT2D eigenvalue weighted by atomic mass is 10.0. The van der Waals surface area contributed by atoms with Crippen LogP contribution in [0.4, 0.5) is 5.69 Å². The van der Waals surface area contributed by atoms with E-state index in [0.29, 0.717) is 33.4 Å².